The highest BCUT2D eigenvalue weighted by molar-refractivity contribution is 6.28. The van der Waals surface area contributed by atoms with Crippen LogP contribution >= 0.6 is 11.6 Å². The highest BCUT2D eigenvalue weighted by atomic mass is 35.5. The first-order valence-electron chi connectivity index (χ1n) is 9.41. The molecule has 0 radical (unpaired) electrons. The summed E-state index contributed by atoms with van der Waals surface area (Å²) in [4.78, 5) is 24.7. The number of aryl methyl sites for hydroxylation is 1. The van der Waals surface area contributed by atoms with E-state index < -0.39 is 0 Å². The van der Waals surface area contributed by atoms with Gasteiger partial charge in [0.25, 0.3) is 0 Å². The molecule has 0 saturated heterocycles. The van der Waals surface area contributed by atoms with E-state index in [4.69, 9.17) is 11.6 Å². The maximum atomic E-state index is 11.4. The van der Waals surface area contributed by atoms with Gasteiger partial charge in [-0.05, 0) is 36.4 Å². The molecule has 1 atom stereocenters. The molecule has 7 heteroatoms. The fourth-order valence-electron chi connectivity index (χ4n) is 3.38. The van der Waals surface area contributed by atoms with Crippen molar-refractivity contribution in [3.05, 3.63) is 94.9 Å². The lowest BCUT2D eigenvalue weighted by Gasteiger charge is -2.15. The molecule has 0 unspecified atom stereocenters. The Morgan fingerprint density at radius 2 is 1.86 bits per heavy atom. The Morgan fingerprint density at radius 1 is 1.10 bits per heavy atom. The molecule has 4 rings (SSSR count). The van der Waals surface area contributed by atoms with Crippen LogP contribution in [-0.2, 0) is 6.42 Å². The minimum atomic E-state index is -0.0756. The van der Waals surface area contributed by atoms with E-state index in [-0.39, 0.29) is 16.8 Å². The monoisotopic (exact) mass is 405 g/mol. The fourth-order valence-corrected chi connectivity index (χ4v) is 3.54. The highest BCUT2D eigenvalue weighted by Crippen LogP contribution is 2.25. The Hall–Kier alpha value is -3.25. The minimum absolute atomic E-state index is 0.0385. The quantitative estimate of drug-likeness (QED) is 0.338. The Kier molecular flexibility index (Phi) is 5.53. The maximum absolute atomic E-state index is 11.4. The molecule has 3 heterocycles. The Bertz CT molecular complexity index is 1180. The maximum Gasteiger partial charge on any atom is 0.226 e. The van der Waals surface area contributed by atoms with Crippen molar-refractivity contribution in [2.45, 2.75) is 25.3 Å². The molecule has 4 aromatic rings. The van der Waals surface area contributed by atoms with Gasteiger partial charge in [0, 0.05) is 24.5 Å². The number of pyridine rings is 1. The van der Waals surface area contributed by atoms with Crippen LogP contribution in [0.1, 0.15) is 24.4 Å². The summed E-state index contributed by atoms with van der Waals surface area (Å²) in [7, 11) is 0. The van der Waals surface area contributed by atoms with Gasteiger partial charge in [-0.25, -0.2) is 4.98 Å². The predicted molar refractivity (Wildman–Crippen MR) is 115 cm³/mol. The van der Waals surface area contributed by atoms with Crippen LogP contribution in [0.4, 0.5) is 0 Å². The van der Waals surface area contributed by atoms with Crippen molar-refractivity contribution >= 4 is 22.8 Å². The lowest BCUT2D eigenvalue weighted by Crippen LogP contribution is -2.08. The molecule has 0 bridgehead atoms. The molecule has 0 aliphatic rings. The lowest BCUT2D eigenvalue weighted by molar-refractivity contribution is 0.543. The smallest absolute Gasteiger partial charge is 0.226 e. The first-order chi connectivity index (χ1) is 14.2. The molecule has 0 aliphatic heterocycles. The first kappa shape index (κ1) is 19.1. The van der Waals surface area contributed by atoms with Crippen molar-refractivity contribution in [1.29, 1.82) is 0 Å². The second kappa shape index (κ2) is 8.41. The van der Waals surface area contributed by atoms with E-state index in [2.05, 4.69) is 45.8 Å². The van der Waals surface area contributed by atoms with Crippen molar-refractivity contribution in [1.82, 2.24) is 24.1 Å². The first-order valence-corrected chi connectivity index (χ1v) is 9.79. The van der Waals surface area contributed by atoms with Crippen molar-refractivity contribution in [3.8, 4) is 5.82 Å². The molecule has 6 nitrogen and oxygen atoms in total. The van der Waals surface area contributed by atoms with Crippen molar-refractivity contribution in [2.24, 2.45) is 0 Å². The summed E-state index contributed by atoms with van der Waals surface area (Å²) in [6.07, 6.45) is 9.84. The Morgan fingerprint density at radius 3 is 2.59 bits per heavy atom. The van der Waals surface area contributed by atoms with Crippen molar-refractivity contribution in [2.75, 3.05) is 0 Å². The summed E-state index contributed by atoms with van der Waals surface area (Å²) in [5.41, 5.74) is 2.50. The molecule has 0 saturated carbocycles. The number of hydrogen-bond donors (Lipinski definition) is 0. The number of halogens is 1. The van der Waals surface area contributed by atoms with Gasteiger partial charge >= 0.3 is 0 Å². The summed E-state index contributed by atoms with van der Waals surface area (Å²) in [6.45, 7) is 4.00. The van der Waals surface area contributed by atoms with Crippen LogP contribution in [0.2, 0.25) is 5.28 Å². The molecular weight excluding hydrogens is 386 g/mol. The molecule has 1 aromatic carbocycles. The van der Waals surface area contributed by atoms with Gasteiger partial charge in [-0.3, -0.25) is 4.79 Å². The zero-order valence-electron chi connectivity index (χ0n) is 15.8. The summed E-state index contributed by atoms with van der Waals surface area (Å²) in [6, 6.07) is 13.4. The average Bonchev–Trinajstić information content (AvgIpc) is 3.15. The van der Waals surface area contributed by atoms with E-state index in [9.17, 15) is 4.79 Å². The number of benzene rings is 1. The van der Waals surface area contributed by atoms with E-state index in [0.717, 1.165) is 19.3 Å². The SMILES string of the molecule is C=C[C@H](CCCc1ccccc1)n1cnc2c(-n3ccc(=O)cc3)nc(Cl)nc21. The third-order valence-corrected chi connectivity index (χ3v) is 5.03. The molecule has 0 amide bonds. The van der Waals surface area contributed by atoms with Gasteiger partial charge in [-0.15, -0.1) is 6.58 Å². The van der Waals surface area contributed by atoms with Crippen LogP contribution in [0.3, 0.4) is 0 Å². The average molecular weight is 406 g/mol. The molecule has 0 N–H and O–H groups in total. The Balaban J connectivity index is 1.64. The van der Waals surface area contributed by atoms with Crippen molar-refractivity contribution < 1.29 is 0 Å². The summed E-state index contributed by atoms with van der Waals surface area (Å²) in [5.74, 6) is 0.533. The van der Waals surface area contributed by atoms with Gasteiger partial charge in [-0.1, -0.05) is 36.4 Å². The predicted octanol–water partition coefficient (Wildman–Crippen LogP) is 4.38. The molecule has 146 valence electrons. The van der Waals surface area contributed by atoms with Crippen LogP contribution in [0.5, 0.6) is 0 Å². The number of fused-ring (bicyclic) bond motifs is 1. The number of hydrogen-bond acceptors (Lipinski definition) is 4. The topological polar surface area (TPSA) is 65.6 Å². The van der Waals surface area contributed by atoms with E-state index in [1.807, 2.05) is 16.7 Å². The van der Waals surface area contributed by atoms with Crippen LogP contribution in [0.25, 0.3) is 17.0 Å². The standard InChI is InChI=1S/C22H20ClN5O/c1-2-17(10-6-9-16-7-4-3-5-8-16)28-15-24-19-20(25-22(23)26-21(19)28)27-13-11-18(29)12-14-27/h2-5,7-8,11-15,17H,1,6,9-10H2/t17-/m1/s1. The van der Waals surface area contributed by atoms with Crippen LogP contribution in [0, 0.1) is 0 Å². The zero-order valence-corrected chi connectivity index (χ0v) is 16.5. The van der Waals surface area contributed by atoms with Crippen LogP contribution < -0.4 is 5.43 Å². The molecule has 29 heavy (non-hydrogen) atoms. The van der Waals surface area contributed by atoms with Gasteiger partial charge in [0.05, 0.1) is 12.4 Å². The normalized spacial score (nSPS) is 12.2. The second-order valence-electron chi connectivity index (χ2n) is 6.76. The van der Waals surface area contributed by atoms with Gasteiger partial charge in [0.1, 0.15) is 0 Å². The van der Waals surface area contributed by atoms with Crippen LogP contribution in [0.15, 0.2) is 78.6 Å². The molecule has 0 fully saturated rings. The minimum Gasteiger partial charge on any atom is -0.308 e. The highest BCUT2D eigenvalue weighted by Gasteiger charge is 2.17. The number of allylic oxidation sites excluding steroid dienone is 1. The lowest BCUT2D eigenvalue weighted by atomic mass is 10.0. The molecule has 3 aromatic heterocycles. The molecule has 0 spiro atoms. The van der Waals surface area contributed by atoms with E-state index in [1.165, 1.54) is 17.7 Å². The second-order valence-corrected chi connectivity index (χ2v) is 7.10. The fraction of sp³-hybridized carbons (Fsp3) is 0.182. The van der Waals surface area contributed by atoms with Gasteiger partial charge in [-0.2, -0.15) is 9.97 Å². The third-order valence-electron chi connectivity index (χ3n) is 4.86. The summed E-state index contributed by atoms with van der Waals surface area (Å²) >= 11 is 6.20. The molecular formula is C22H20ClN5O. The van der Waals surface area contributed by atoms with E-state index in [1.54, 1.807) is 23.3 Å². The van der Waals surface area contributed by atoms with Gasteiger partial charge in [0.2, 0.25) is 5.28 Å². The van der Waals surface area contributed by atoms with Gasteiger partial charge in [0.15, 0.2) is 22.4 Å². The number of aromatic nitrogens is 5. The largest absolute Gasteiger partial charge is 0.308 e. The number of rotatable bonds is 7. The molecule has 0 aliphatic carbocycles. The number of nitrogens with zero attached hydrogens (tertiary/aromatic N) is 5. The summed E-state index contributed by atoms with van der Waals surface area (Å²) < 4.78 is 3.69. The van der Waals surface area contributed by atoms with Crippen LogP contribution in [-0.4, -0.2) is 24.1 Å². The summed E-state index contributed by atoms with van der Waals surface area (Å²) in [5, 5.41) is 0.125. The zero-order chi connectivity index (χ0) is 20.2. The number of imidazole rings is 1. The Labute approximate surface area is 173 Å². The van der Waals surface area contributed by atoms with E-state index in [0.29, 0.717) is 17.0 Å². The van der Waals surface area contributed by atoms with Gasteiger partial charge < -0.3 is 9.13 Å². The van der Waals surface area contributed by atoms with Crippen molar-refractivity contribution in [3.63, 3.8) is 0 Å². The van der Waals surface area contributed by atoms with E-state index >= 15 is 0 Å². The third kappa shape index (κ3) is 4.12.